The van der Waals surface area contributed by atoms with Gasteiger partial charge in [0.2, 0.25) is 5.91 Å². The summed E-state index contributed by atoms with van der Waals surface area (Å²) in [7, 11) is 1.48. The molecule has 184 valence electrons. The van der Waals surface area contributed by atoms with Crippen molar-refractivity contribution in [2.24, 2.45) is 0 Å². The highest BCUT2D eigenvalue weighted by Gasteiger charge is 2.21. The third-order valence-corrected chi connectivity index (χ3v) is 5.67. The summed E-state index contributed by atoms with van der Waals surface area (Å²) in [4.78, 5) is 43.8. The molecule has 9 heteroatoms. The number of fused-ring (bicyclic) bond motifs is 1. The number of carbonyl (C=O) groups is 3. The summed E-state index contributed by atoms with van der Waals surface area (Å²) in [5.41, 5.74) is 3.98. The zero-order valence-corrected chi connectivity index (χ0v) is 20.4. The number of hydrogen-bond donors (Lipinski definition) is 1. The second-order valence-corrected chi connectivity index (χ2v) is 8.36. The summed E-state index contributed by atoms with van der Waals surface area (Å²) in [6.07, 6.45) is 1.57. The van der Waals surface area contributed by atoms with Crippen LogP contribution in [0.3, 0.4) is 0 Å². The summed E-state index contributed by atoms with van der Waals surface area (Å²) < 4.78 is 7.04. The van der Waals surface area contributed by atoms with Crippen LogP contribution in [0.2, 0.25) is 0 Å². The first-order valence-corrected chi connectivity index (χ1v) is 11.5. The fraction of sp³-hybridized carbons (Fsp3) is 0.222. The van der Waals surface area contributed by atoms with Gasteiger partial charge in [-0.1, -0.05) is 48.0 Å². The third kappa shape index (κ3) is 5.57. The van der Waals surface area contributed by atoms with Gasteiger partial charge in [0.25, 0.3) is 5.91 Å². The highest BCUT2D eigenvalue weighted by Crippen LogP contribution is 2.25. The van der Waals surface area contributed by atoms with Gasteiger partial charge in [0.05, 0.1) is 29.4 Å². The van der Waals surface area contributed by atoms with Crippen LogP contribution in [0, 0.1) is 6.92 Å². The molecule has 0 saturated carbocycles. The SMILES string of the molecule is CCn1ncc2c(C(=O)OCC(=O)N(C)CC(=O)Nc3ccc(C)cc3)cc(-c3ccccc3)nc21. The number of ether oxygens (including phenoxy) is 1. The van der Waals surface area contributed by atoms with Gasteiger partial charge in [0.15, 0.2) is 12.3 Å². The minimum Gasteiger partial charge on any atom is -0.452 e. The number of carbonyl (C=O) groups excluding carboxylic acids is 3. The number of nitrogens with one attached hydrogen (secondary N) is 1. The first kappa shape index (κ1) is 24.6. The number of nitrogens with zero attached hydrogens (tertiary/aromatic N) is 4. The van der Waals surface area contributed by atoms with Crippen LogP contribution in [0.4, 0.5) is 5.69 Å². The van der Waals surface area contributed by atoms with Gasteiger partial charge in [-0.25, -0.2) is 14.5 Å². The molecule has 0 aliphatic rings. The second-order valence-electron chi connectivity index (χ2n) is 8.36. The number of benzene rings is 2. The van der Waals surface area contributed by atoms with Gasteiger partial charge in [0, 0.05) is 24.8 Å². The van der Waals surface area contributed by atoms with Gasteiger partial charge in [-0.15, -0.1) is 0 Å². The quantitative estimate of drug-likeness (QED) is 0.382. The lowest BCUT2D eigenvalue weighted by molar-refractivity contribution is -0.136. The fourth-order valence-electron chi connectivity index (χ4n) is 3.66. The number of aromatic nitrogens is 3. The van der Waals surface area contributed by atoms with Gasteiger partial charge in [-0.3, -0.25) is 9.59 Å². The summed E-state index contributed by atoms with van der Waals surface area (Å²) in [5, 5.41) is 7.59. The van der Waals surface area contributed by atoms with Crippen LogP contribution in [0.15, 0.2) is 66.9 Å². The summed E-state index contributed by atoms with van der Waals surface area (Å²) in [5.74, 6) is -1.52. The highest BCUT2D eigenvalue weighted by atomic mass is 16.5. The Balaban J connectivity index is 1.44. The molecule has 0 aliphatic heterocycles. The minimum absolute atomic E-state index is 0.175. The van der Waals surface area contributed by atoms with Crippen molar-refractivity contribution in [1.82, 2.24) is 19.7 Å². The number of anilines is 1. The fourth-order valence-corrected chi connectivity index (χ4v) is 3.66. The highest BCUT2D eigenvalue weighted by molar-refractivity contribution is 6.04. The van der Waals surface area contributed by atoms with Crippen molar-refractivity contribution in [1.29, 1.82) is 0 Å². The van der Waals surface area contributed by atoms with Crippen molar-refractivity contribution >= 4 is 34.5 Å². The van der Waals surface area contributed by atoms with E-state index in [9.17, 15) is 14.4 Å². The van der Waals surface area contributed by atoms with E-state index < -0.39 is 18.5 Å². The molecule has 0 bridgehead atoms. The van der Waals surface area contributed by atoms with E-state index in [2.05, 4.69) is 15.4 Å². The number of amides is 2. The van der Waals surface area contributed by atoms with Crippen LogP contribution in [-0.4, -0.2) is 57.6 Å². The summed E-state index contributed by atoms with van der Waals surface area (Å²) >= 11 is 0. The summed E-state index contributed by atoms with van der Waals surface area (Å²) in [6.45, 7) is 3.79. The maximum atomic E-state index is 13.0. The third-order valence-electron chi connectivity index (χ3n) is 5.67. The van der Waals surface area contributed by atoms with E-state index in [1.807, 2.05) is 56.3 Å². The minimum atomic E-state index is -0.666. The van der Waals surface area contributed by atoms with Gasteiger partial charge in [0.1, 0.15) is 0 Å². The van der Waals surface area contributed by atoms with Crippen molar-refractivity contribution in [2.75, 3.05) is 25.5 Å². The molecule has 0 spiro atoms. The van der Waals surface area contributed by atoms with Crippen LogP contribution in [-0.2, 0) is 20.9 Å². The first-order chi connectivity index (χ1) is 17.4. The number of likely N-dealkylation sites (N-methyl/N-ethyl adjacent to an activating group) is 1. The van der Waals surface area contributed by atoms with Crippen molar-refractivity contribution in [2.45, 2.75) is 20.4 Å². The van der Waals surface area contributed by atoms with Gasteiger partial charge in [-0.05, 0) is 32.0 Å². The molecular formula is C27H27N5O4. The molecule has 1 N–H and O–H groups in total. The van der Waals surface area contributed by atoms with E-state index in [-0.39, 0.29) is 18.0 Å². The average molecular weight is 486 g/mol. The molecule has 0 saturated heterocycles. The maximum Gasteiger partial charge on any atom is 0.339 e. The predicted molar refractivity (Wildman–Crippen MR) is 136 cm³/mol. The molecule has 0 unspecified atom stereocenters. The predicted octanol–water partition coefficient (Wildman–Crippen LogP) is 3.68. The number of rotatable bonds is 8. The molecule has 2 amide bonds. The largest absolute Gasteiger partial charge is 0.452 e. The Morgan fingerprint density at radius 2 is 1.78 bits per heavy atom. The van der Waals surface area contributed by atoms with Crippen molar-refractivity contribution in [3.8, 4) is 11.3 Å². The smallest absolute Gasteiger partial charge is 0.339 e. The van der Waals surface area contributed by atoms with E-state index in [0.29, 0.717) is 29.0 Å². The molecule has 0 fully saturated rings. The van der Waals surface area contributed by atoms with Gasteiger partial charge in [-0.2, -0.15) is 5.10 Å². The molecule has 2 aromatic heterocycles. The Labute approximate surface area is 208 Å². The van der Waals surface area contributed by atoms with Crippen LogP contribution in [0.1, 0.15) is 22.8 Å². The first-order valence-electron chi connectivity index (χ1n) is 11.5. The molecule has 0 radical (unpaired) electrons. The molecule has 4 rings (SSSR count). The molecule has 0 atom stereocenters. The molecule has 4 aromatic rings. The number of aryl methyl sites for hydroxylation is 2. The molecular weight excluding hydrogens is 458 g/mol. The zero-order chi connectivity index (χ0) is 25.7. The zero-order valence-electron chi connectivity index (χ0n) is 20.4. The average Bonchev–Trinajstić information content (AvgIpc) is 3.31. The van der Waals surface area contributed by atoms with Crippen LogP contribution in [0.25, 0.3) is 22.3 Å². The normalized spacial score (nSPS) is 10.8. The van der Waals surface area contributed by atoms with E-state index in [1.54, 1.807) is 29.1 Å². The topological polar surface area (TPSA) is 106 Å². The standard InChI is InChI=1S/C27H27N5O4/c1-4-32-26-22(15-28-32)21(14-23(30-26)19-8-6-5-7-9-19)27(35)36-17-25(34)31(3)16-24(33)29-20-12-10-18(2)11-13-20/h5-15H,4,16-17H2,1-3H3,(H,29,33). The Morgan fingerprint density at radius 1 is 1.06 bits per heavy atom. The lowest BCUT2D eigenvalue weighted by Gasteiger charge is -2.17. The Morgan fingerprint density at radius 3 is 2.47 bits per heavy atom. The van der Waals surface area contributed by atoms with Crippen LogP contribution < -0.4 is 5.32 Å². The van der Waals surface area contributed by atoms with Gasteiger partial charge >= 0.3 is 5.97 Å². The van der Waals surface area contributed by atoms with Crippen molar-refractivity contribution in [3.63, 3.8) is 0 Å². The van der Waals surface area contributed by atoms with E-state index in [4.69, 9.17) is 4.74 Å². The number of esters is 1. The van der Waals surface area contributed by atoms with Crippen molar-refractivity contribution < 1.29 is 19.1 Å². The molecule has 0 aliphatic carbocycles. The monoisotopic (exact) mass is 485 g/mol. The number of hydrogen-bond acceptors (Lipinski definition) is 6. The van der Waals surface area contributed by atoms with Crippen LogP contribution >= 0.6 is 0 Å². The van der Waals surface area contributed by atoms with Crippen molar-refractivity contribution in [3.05, 3.63) is 78.0 Å². The maximum absolute atomic E-state index is 13.0. The Bertz CT molecular complexity index is 1400. The van der Waals surface area contributed by atoms with E-state index in [0.717, 1.165) is 11.1 Å². The number of pyridine rings is 1. The molecule has 9 nitrogen and oxygen atoms in total. The molecule has 2 heterocycles. The van der Waals surface area contributed by atoms with Gasteiger partial charge < -0.3 is 15.0 Å². The Hall–Kier alpha value is -4.53. The van der Waals surface area contributed by atoms with E-state index in [1.165, 1.54) is 11.9 Å². The lowest BCUT2D eigenvalue weighted by atomic mass is 10.1. The molecule has 2 aromatic carbocycles. The Kier molecular flexibility index (Phi) is 7.39. The second kappa shape index (κ2) is 10.8. The summed E-state index contributed by atoms with van der Waals surface area (Å²) in [6, 6.07) is 18.5. The molecule has 36 heavy (non-hydrogen) atoms. The lowest BCUT2D eigenvalue weighted by Crippen LogP contribution is -2.37. The van der Waals surface area contributed by atoms with Crippen LogP contribution in [0.5, 0.6) is 0 Å². The van der Waals surface area contributed by atoms with E-state index >= 15 is 0 Å².